The molecular weight excluding hydrogens is 120 g/mol. The van der Waals surface area contributed by atoms with Gasteiger partial charge in [0.1, 0.15) is 0 Å². The highest BCUT2D eigenvalue weighted by Crippen LogP contribution is 2.26. The molecule has 0 saturated carbocycles. The Morgan fingerprint density at radius 1 is 1.10 bits per heavy atom. The van der Waals surface area contributed by atoms with Gasteiger partial charge in [0.2, 0.25) is 0 Å². The van der Waals surface area contributed by atoms with Gasteiger partial charge >= 0.3 is 0 Å². The Morgan fingerprint density at radius 3 is 2.90 bits per heavy atom. The first kappa shape index (κ1) is 5.96. The summed E-state index contributed by atoms with van der Waals surface area (Å²) in [6.45, 7) is 0. The van der Waals surface area contributed by atoms with Crippen molar-refractivity contribution in [1.82, 2.24) is 0 Å². The first-order chi connectivity index (χ1) is 4.97. The molecule has 0 heteroatoms. The minimum absolute atomic E-state index is 1.13. The van der Waals surface area contributed by atoms with Crippen LogP contribution in [0.25, 0.3) is 0 Å². The molecule has 51 valence electrons. The number of allylic oxidation sites excluding steroid dienone is 6. The van der Waals surface area contributed by atoms with Gasteiger partial charge in [-0.15, -0.1) is 0 Å². The van der Waals surface area contributed by atoms with E-state index < -0.39 is 0 Å². The molecule has 0 N–H and O–H groups in total. The van der Waals surface area contributed by atoms with E-state index in [0.29, 0.717) is 0 Å². The summed E-state index contributed by atoms with van der Waals surface area (Å²) < 4.78 is 0. The van der Waals surface area contributed by atoms with E-state index in [1.165, 1.54) is 18.4 Å². The van der Waals surface area contributed by atoms with E-state index in [1.54, 1.807) is 5.57 Å². The zero-order valence-electron chi connectivity index (χ0n) is 6.01. The zero-order valence-corrected chi connectivity index (χ0v) is 6.01. The third kappa shape index (κ3) is 0.942. The van der Waals surface area contributed by atoms with Crippen LogP contribution < -0.4 is 0 Å². The van der Waals surface area contributed by atoms with Crippen LogP contribution in [0.4, 0.5) is 0 Å². The van der Waals surface area contributed by atoms with Gasteiger partial charge in [0.15, 0.2) is 0 Å². The van der Waals surface area contributed by atoms with Gasteiger partial charge in [-0.2, -0.15) is 0 Å². The van der Waals surface area contributed by atoms with E-state index in [0.717, 1.165) is 6.42 Å². The fraction of sp³-hybridized carbons (Fsp3) is 0.300. The first-order valence-electron chi connectivity index (χ1n) is 3.86. The summed E-state index contributed by atoms with van der Waals surface area (Å²) in [5, 5.41) is 0. The highest BCUT2D eigenvalue weighted by Gasteiger charge is 2.07. The molecule has 0 fully saturated rings. The molecule has 0 nitrogen and oxygen atoms in total. The fourth-order valence-electron chi connectivity index (χ4n) is 1.49. The van der Waals surface area contributed by atoms with Gasteiger partial charge in [0, 0.05) is 0 Å². The van der Waals surface area contributed by atoms with Crippen LogP contribution >= 0.6 is 0 Å². The maximum absolute atomic E-state index is 2.33. The van der Waals surface area contributed by atoms with Crippen LogP contribution in [-0.4, -0.2) is 0 Å². The van der Waals surface area contributed by atoms with Crippen molar-refractivity contribution in [3.05, 3.63) is 41.9 Å². The average molecular weight is 131 g/mol. The van der Waals surface area contributed by atoms with Gasteiger partial charge in [-0.3, -0.25) is 0 Å². The van der Waals surface area contributed by atoms with E-state index in [1.807, 2.05) is 0 Å². The molecular formula is C10H11. The third-order valence-corrected chi connectivity index (χ3v) is 2.05. The molecule has 0 unspecified atom stereocenters. The van der Waals surface area contributed by atoms with Crippen LogP contribution in [0.15, 0.2) is 35.5 Å². The first-order valence-corrected chi connectivity index (χ1v) is 3.86. The second kappa shape index (κ2) is 2.45. The van der Waals surface area contributed by atoms with Gasteiger partial charge in [-0.05, 0) is 31.3 Å². The number of hydrogen-bond acceptors (Lipinski definition) is 0. The summed E-state index contributed by atoms with van der Waals surface area (Å²) in [4.78, 5) is 0. The highest BCUT2D eigenvalue weighted by molar-refractivity contribution is 5.44. The Morgan fingerprint density at radius 2 is 2.00 bits per heavy atom. The fourth-order valence-corrected chi connectivity index (χ4v) is 1.49. The van der Waals surface area contributed by atoms with E-state index in [9.17, 15) is 0 Å². The summed E-state index contributed by atoms with van der Waals surface area (Å²) in [6.07, 6.45) is 14.9. The van der Waals surface area contributed by atoms with Gasteiger partial charge in [0.25, 0.3) is 0 Å². The molecule has 0 aromatic rings. The molecule has 0 bridgehead atoms. The number of rotatable bonds is 0. The summed E-state index contributed by atoms with van der Waals surface area (Å²) in [5.41, 5.74) is 2.97. The van der Waals surface area contributed by atoms with Crippen LogP contribution in [0.2, 0.25) is 0 Å². The lowest BCUT2D eigenvalue weighted by atomic mass is 9.90. The minimum atomic E-state index is 1.13. The summed E-state index contributed by atoms with van der Waals surface area (Å²) in [6, 6.07) is 0. The molecule has 0 amide bonds. The summed E-state index contributed by atoms with van der Waals surface area (Å²) in [5.74, 6) is 0. The average Bonchev–Trinajstić information content (AvgIpc) is 2.05. The molecule has 1 radical (unpaired) electrons. The molecule has 0 saturated heterocycles. The van der Waals surface area contributed by atoms with Crippen molar-refractivity contribution >= 4 is 0 Å². The van der Waals surface area contributed by atoms with Crippen molar-refractivity contribution in [3.8, 4) is 0 Å². The van der Waals surface area contributed by atoms with Crippen molar-refractivity contribution in [2.24, 2.45) is 0 Å². The molecule has 2 aliphatic carbocycles. The van der Waals surface area contributed by atoms with Gasteiger partial charge in [-0.25, -0.2) is 0 Å². The Balaban J connectivity index is 2.32. The monoisotopic (exact) mass is 131 g/mol. The molecule has 2 rings (SSSR count). The molecule has 0 atom stereocenters. The SMILES string of the molecule is [CH]1CC=CC2=C1CCC=C2. The molecule has 0 aromatic heterocycles. The lowest BCUT2D eigenvalue weighted by molar-refractivity contribution is 0.929. The van der Waals surface area contributed by atoms with Crippen LogP contribution in [0.1, 0.15) is 19.3 Å². The van der Waals surface area contributed by atoms with Crippen LogP contribution in [-0.2, 0) is 0 Å². The summed E-state index contributed by atoms with van der Waals surface area (Å²) in [7, 11) is 0. The molecule has 0 aliphatic heterocycles. The second-order valence-electron chi connectivity index (χ2n) is 2.76. The van der Waals surface area contributed by atoms with Crippen molar-refractivity contribution < 1.29 is 0 Å². The van der Waals surface area contributed by atoms with Crippen molar-refractivity contribution in [3.63, 3.8) is 0 Å². The molecule has 2 aliphatic rings. The smallest absolute Gasteiger partial charge is 0.00905 e. The Hall–Kier alpha value is -0.780. The maximum atomic E-state index is 2.33. The zero-order chi connectivity index (χ0) is 6.81. The minimum Gasteiger partial charge on any atom is -0.0836 e. The lowest BCUT2D eigenvalue weighted by Crippen LogP contribution is -1.97. The Kier molecular flexibility index (Phi) is 1.46. The quantitative estimate of drug-likeness (QED) is 0.474. The summed E-state index contributed by atoms with van der Waals surface area (Å²) >= 11 is 0. The van der Waals surface area contributed by atoms with Crippen LogP contribution in [0.5, 0.6) is 0 Å². The van der Waals surface area contributed by atoms with Crippen LogP contribution in [0, 0.1) is 6.42 Å². The normalized spacial score (nSPS) is 23.2. The Labute approximate surface area is 61.9 Å². The predicted molar refractivity (Wildman–Crippen MR) is 43.5 cm³/mol. The Bertz CT molecular complexity index is 194. The van der Waals surface area contributed by atoms with Crippen molar-refractivity contribution in [1.29, 1.82) is 0 Å². The van der Waals surface area contributed by atoms with Gasteiger partial charge in [-0.1, -0.05) is 29.9 Å². The van der Waals surface area contributed by atoms with Gasteiger partial charge in [0.05, 0.1) is 0 Å². The second-order valence-corrected chi connectivity index (χ2v) is 2.76. The van der Waals surface area contributed by atoms with E-state index in [2.05, 4.69) is 30.7 Å². The standard InChI is InChI=1S/C10H11/c1-2-6-10-8-4-3-7-9(10)5-1/h1,3,5-7H,2,4,8H2. The lowest BCUT2D eigenvalue weighted by Gasteiger charge is -2.15. The third-order valence-electron chi connectivity index (χ3n) is 2.05. The predicted octanol–water partition coefficient (Wildman–Crippen LogP) is 2.80. The van der Waals surface area contributed by atoms with Crippen molar-refractivity contribution in [2.45, 2.75) is 19.3 Å². The van der Waals surface area contributed by atoms with Gasteiger partial charge < -0.3 is 0 Å². The molecule has 0 heterocycles. The highest BCUT2D eigenvalue weighted by atomic mass is 14.1. The molecule has 0 aromatic carbocycles. The van der Waals surface area contributed by atoms with Crippen LogP contribution in [0.3, 0.4) is 0 Å². The number of hydrogen-bond donors (Lipinski definition) is 0. The van der Waals surface area contributed by atoms with E-state index in [4.69, 9.17) is 0 Å². The molecule has 0 spiro atoms. The maximum Gasteiger partial charge on any atom is -0.00905 e. The molecule has 10 heavy (non-hydrogen) atoms. The van der Waals surface area contributed by atoms with Crippen molar-refractivity contribution in [2.75, 3.05) is 0 Å². The topological polar surface area (TPSA) is 0 Å². The van der Waals surface area contributed by atoms with E-state index in [-0.39, 0.29) is 0 Å². The largest absolute Gasteiger partial charge is 0.0836 e. The van der Waals surface area contributed by atoms with E-state index >= 15 is 0 Å².